The average molecular weight is 312 g/mol. The third-order valence-electron chi connectivity index (χ3n) is 5.52. The first kappa shape index (κ1) is 14.7. The molecule has 122 valence electrons. The Labute approximate surface area is 137 Å². The summed E-state index contributed by atoms with van der Waals surface area (Å²) in [4.78, 5) is 27.1. The van der Waals surface area contributed by atoms with Crippen molar-refractivity contribution >= 4 is 17.5 Å². The van der Waals surface area contributed by atoms with E-state index in [1.807, 2.05) is 23.1 Å². The van der Waals surface area contributed by atoms with Crippen molar-refractivity contribution in [1.82, 2.24) is 5.32 Å². The molecule has 1 heterocycles. The molecule has 2 amide bonds. The summed E-state index contributed by atoms with van der Waals surface area (Å²) in [7, 11) is 0. The highest BCUT2D eigenvalue weighted by Gasteiger charge is 2.50. The summed E-state index contributed by atoms with van der Waals surface area (Å²) in [5.74, 6) is 0.0315. The maximum absolute atomic E-state index is 12.8. The molecule has 23 heavy (non-hydrogen) atoms. The Bertz CT molecular complexity index is 622. The van der Waals surface area contributed by atoms with E-state index < -0.39 is 0 Å². The Hall–Kier alpha value is -1.84. The van der Waals surface area contributed by atoms with E-state index in [0.717, 1.165) is 44.3 Å². The zero-order chi connectivity index (χ0) is 15.8. The van der Waals surface area contributed by atoms with Crippen LogP contribution in [-0.2, 0) is 16.0 Å². The second-order valence-corrected chi connectivity index (χ2v) is 7.16. The molecule has 0 radical (unpaired) electrons. The van der Waals surface area contributed by atoms with Crippen LogP contribution in [0.4, 0.5) is 5.69 Å². The van der Waals surface area contributed by atoms with Gasteiger partial charge in [0.05, 0.1) is 11.8 Å². The molecule has 2 saturated carbocycles. The van der Waals surface area contributed by atoms with Gasteiger partial charge in [0.2, 0.25) is 11.8 Å². The highest BCUT2D eigenvalue weighted by atomic mass is 16.2. The molecule has 1 N–H and O–H groups in total. The maximum atomic E-state index is 12.8. The normalized spacial score (nSPS) is 26.7. The number of nitrogens with one attached hydrogen (secondary N) is 1. The molecular formula is C19H24N2O2. The molecular weight excluding hydrogens is 288 g/mol. The van der Waals surface area contributed by atoms with E-state index >= 15 is 0 Å². The van der Waals surface area contributed by atoms with E-state index in [0.29, 0.717) is 6.04 Å². The van der Waals surface area contributed by atoms with Crippen molar-refractivity contribution < 1.29 is 9.59 Å². The van der Waals surface area contributed by atoms with Gasteiger partial charge in [-0.15, -0.1) is 0 Å². The van der Waals surface area contributed by atoms with Crippen LogP contribution in [0, 0.1) is 11.8 Å². The molecule has 0 spiro atoms. The Morgan fingerprint density at radius 1 is 1.04 bits per heavy atom. The van der Waals surface area contributed by atoms with E-state index in [1.165, 1.54) is 18.4 Å². The standard InChI is InChI=1S/C19H24N2O2/c22-18(20-14-8-2-3-9-14)15-12-16(15)19(23)21-11-5-7-13-6-1-4-10-17(13)21/h1,4,6,10,14-16H,2-3,5,7-9,11-12H2,(H,20,22). The lowest BCUT2D eigenvalue weighted by Crippen LogP contribution is -2.39. The minimum absolute atomic E-state index is 0.0977. The summed E-state index contributed by atoms with van der Waals surface area (Å²) >= 11 is 0. The molecule has 0 saturated heterocycles. The topological polar surface area (TPSA) is 49.4 Å². The van der Waals surface area contributed by atoms with Crippen molar-refractivity contribution in [2.45, 2.75) is 51.0 Å². The number of hydrogen-bond acceptors (Lipinski definition) is 2. The third-order valence-corrected chi connectivity index (χ3v) is 5.52. The minimum atomic E-state index is -0.109. The number of para-hydroxylation sites is 1. The number of hydrogen-bond donors (Lipinski definition) is 1. The van der Waals surface area contributed by atoms with Crippen molar-refractivity contribution in [2.24, 2.45) is 11.8 Å². The summed E-state index contributed by atoms with van der Waals surface area (Å²) < 4.78 is 0. The second-order valence-electron chi connectivity index (χ2n) is 7.16. The van der Waals surface area contributed by atoms with Crippen LogP contribution in [0.15, 0.2) is 24.3 Å². The van der Waals surface area contributed by atoms with Crippen molar-refractivity contribution in [1.29, 1.82) is 0 Å². The SMILES string of the molecule is O=C(NC1CCCC1)C1CC1C(=O)N1CCCc2ccccc21. The van der Waals surface area contributed by atoms with Gasteiger partial charge in [-0.1, -0.05) is 31.0 Å². The Morgan fingerprint density at radius 2 is 1.83 bits per heavy atom. The molecule has 1 aromatic rings. The summed E-state index contributed by atoms with van der Waals surface area (Å²) in [6, 6.07) is 8.49. The van der Waals surface area contributed by atoms with Crippen LogP contribution in [0.25, 0.3) is 0 Å². The van der Waals surface area contributed by atoms with Crippen molar-refractivity contribution in [2.75, 3.05) is 11.4 Å². The van der Waals surface area contributed by atoms with Gasteiger partial charge in [-0.3, -0.25) is 9.59 Å². The van der Waals surface area contributed by atoms with Gasteiger partial charge in [-0.05, 0) is 43.7 Å². The largest absolute Gasteiger partial charge is 0.353 e. The molecule has 3 aliphatic rings. The van der Waals surface area contributed by atoms with Crippen molar-refractivity contribution in [3.8, 4) is 0 Å². The summed E-state index contributed by atoms with van der Waals surface area (Å²) in [6.07, 6.45) is 7.37. The second kappa shape index (κ2) is 5.99. The zero-order valence-corrected chi connectivity index (χ0v) is 13.5. The fourth-order valence-corrected chi connectivity index (χ4v) is 4.10. The van der Waals surface area contributed by atoms with Crippen LogP contribution in [0.3, 0.4) is 0 Å². The first-order chi connectivity index (χ1) is 11.2. The van der Waals surface area contributed by atoms with E-state index in [-0.39, 0.29) is 23.7 Å². The molecule has 2 fully saturated rings. The lowest BCUT2D eigenvalue weighted by atomic mass is 10.0. The quantitative estimate of drug-likeness (QED) is 0.933. The molecule has 4 rings (SSSR count). The van der Waals surface area contributed by atoms with E-state index in [4.69, 9.17) is 0 Å². The van der Waals surface area contributed by atoms with Crippen molar-refractivity contribution in [3.63, 3.8) is 0 Å². The van der Waals surface area contributed by atoms with Gasteiger partial charge in [0, 0.05) is 18.3 Å². The predicted octanol–water partition coefficient (Wildman–Crippen LogP) is 2.66. The number of aryl methyl sites for hydroxylation is 1. The number of carbonyl (C=O) groups is 2. The van der Waals surface area contributed by atoms with E-state index in [2.05, 4.69) is 11.4 Å². The Balaban J connectivity index is 1.40. The Kier molecular flexibility index (Phi) is 3.83. The number of rotatable bonds is 3. The number of benzene rings is 1. The fraction of sp³-hybridized carbons (Fsp3) is 0.579. The van der Waals surface area contributed by atoms with Crippen LogP contribution in [0.2, 0.25) is 0 Å². The number of amides is 2. The van der Waals surface area contributed by atoms with Gasteiger partial charge in [-0.25, -0.2) is 0 Å². The lowest BCUT2D eigenvalue weighted by molar-refractivity contribution is -0.126. The highest BCUT2D eigenvalue weighted by molar-refractivity contribution is 6.01. The minimum Gasteiger partial charge on any atom is -0.353 e. The van der Waals surface area contributed by atoms with Crippen LogP contribution in [0.1, 0.15) is 44.1 Å². The van der Waals surface area contributed by atoms with Gasteiger partial charge >= 0.3 is 0 Å². The van der Waals surface area contributed by atoms with Gasteiger partial charge in [-0.2, -0.15) is 0 Å². The van der Waals surface area contributed by atoms with E-state index in [1.54, 1.807) is 0 Å². The first-order valence-electron chi connectivity index (χ1n) is 8.93. The van der Waals surface area contributed by atoms with Crippen LogP contribution in [-0.4, -0.2) is 24.4 Å². The van der Waals surface area contributed by atoms with Crippen LogP contribution >= 0.6 is 0 Å². The lowest BCUT2D eigenvalue weighted by Gasteiger charge is -2.29. The summed E-state index contributed by atoms with van der Waals surface area (Å²) in [5, 5.41) is 3.14. The van der Waals surface area contributed by atoms with Crippen LogP contribution in [0.5, 0.6) is 0 Å². The predicted molar refractivity (Wildman–Crippen MR) is 89.1 cm³/mol. The molecule has 2 aliphatic carbocycles. The number of anilines is 1. The number of fused-ring (bicyclic) bond motifs is 1. The molecule has 0 bridgehead atoms. The maximum Gasteiger partial charge on any atom is 0.230 e. The summed E-state index contributed by atoms with van der Waals surface area (Å²) in [6.45, 7) is 0.781. The first-order valence-corrected chi connectivity index (χ1v) is 8.93. The smallest absolute Gasteiger partial charge is 0.230 e. The van der Waals surface area contributed by atoms with Gasteiger partial charge in [0.1, 0.15) is 0 Å². The molecule has 2 unspecified atom stereocenters. The molecule has 2 atom stereocenters. The molecule has 0 aromatic heterocycles. The molecule has 4 heteroatoms. The van der Waals surface area contributed by atoms with E-state index in [9.17, 15) is 9.59 Å². The third kappa shape index (κ3) is 2.87. The van der Waals surface area contributed by atoms with Gasteiger partial charge in [0.15, 0.2) is 0 Å². The monoisotopic (exact) mass is 312 g/mol. The zero-order valence-electron chi connectivity index (χ0n) is 13.5. The Morgan fingerprint density at radius 3 is 2.65 bits per heavy atom. The molecule has 4 nitrogen and oxygen atoms in total. The van der Waals surface area contributed by atoms with Gasteiger partial charge < -0.3 is 10.2 Å². The summed E-state index contributed by atoms with van der Waals surface area (Å²) in [5.41, 5.74) is 2.30. The number of carbonyl (C=O) groups excluding carboxylic acids is 2. The fourth-order valence-electron chi connectivity index (χ4n) is 4.10. The van der Waals surface area contributed by atoms with Gasteiger partial charge in [0.25, 0.3) is 0 Å². The highest BCUT2D eigenvalue weighted by Crippen LogP contribution is 2.42. The molecule has 1 aliphatic heterocycles. The van der Waals surface area contributed by atoms with Crippen molar-refractivity contribution in [3.05, 3.63) is 29.8 Å². The van der Waals surface area contributed by atoms with Crippen LogP contribution < -0.4 is 10.2 Å². The molecule has 1 aromatic carbocycles. The average Bonchev–Trinajstić information content (AvgIpc) is 3.23. The number of nitrogens with zero attached hydrogens (tertiary/aromatic N) is 1.